The number of carbonyl (C=O) groups is 2. The molecule has 2 aromatic carbocycles. The highest BCUT2D eigenvalue weighted by Gasteiger charge is 2.37. The molecule has 2 unspecified atom stereocenters. The fourth-order valence-electron chi connectivity index (χ4n) is 4.19. The summed E-state index contributed by atoms with van der Waals surface area (Å²) in [6, 6.07) is 15.7. The SMILES string of the molecule is Cc1ccccc1C1CCN(C(=O)C2CC(=O)N(c3ccc(Cl)cc3)C2)CCS1. The Morgan fingerprint density at radius 3 is 2.62 bits per heavy atom. The molecule has 0 N–H and O–H groups in total. The minimum atomic E-state index is -0.266. The van der Waals surface area contributed by atoms with Crippen LogP contribution in [-0.4, -0.2) is 42.1 Å². The van der Waals surface area contributed by atoms with Crippen molar-refractivity contribution in [2.75, 3.05) is 30.3 Å². The number of benzene rings is 2. The number of amides is 2. The third-order valence-electron chi connectivity index (χ3n) is 5.80. The molecule has 0 spiro atoms. The molecule has 0 aliphatic carbocycles. The molecule has 2 fully saturated rings. The molecule has 2 saturated heterocycles. The van der Waals surface area contributed by atoms with Crippen LogP contribution in [0.25, 0.3) is 0 Å². The molecule has 2 aliphatic heterocycles. The molecule has 0 aromatic heterocycles. The van der Waals surface area contributed by atoms with Crippen molar-refractivity contribution in [1.82, 2.24) is 4.90 Å². The van der Waals surface area contributed by atoms with Gasteiger partial charge in [-0.05, 0) is 48.7 Å². The van der Waals surface area contributed by atoms with E-state index < -0.39 is 0 Å². The summed E-state index contributed by atoms with van der Waals surface area (Å²) in [6.45, 7) is 4.09. The summed E-state index contributed by atoms with van der Waals surface area (Å²) in [5, 5.41) is 1.06. The first-order valence-corrected chi connectivity index (χ1v) is 11.5. The van der Waals surface area contributed by atoms with Crippen molar-refractivity contribution in [3.05, 3.63) is 64.7 Å². The molecule has 2 heterocycles. The lowest BCUT2D eigenvalue weighted by atomic mass is 10.0. The Hall–Kier alpha value is -1.98. The topological polar surface area (TPSA) is 40.6 Å². The number of halogens is 1. The van der Waals surface area contributed by atoms with E-state index in [4.69, 9.17) is 11.6 Å². The molecular formula is C23H25ClN2O2S. The smallest absolute Gasteiger partial charge is 0.228 e. The van der Waals surface area contributed by atoms with E-state index in [0.29, 0.717) is 16.8 Å². The maximum absolute atomic E-state index is 13.2. The summed E-state index contributed by atoms with van der Waals surface area (Å²) >= 11 is 7.88. The highest BCUT2D eigenvalue weighted by atomic mass is 35.5. The van der Waals surface area contributed by atoms with Gasteiger partial charge >= 0.3 is 0 Å². The second-order valence-corrected chi connectivity index (χ2v) is 9.46. The van der Waals surface area contributed by atoms with Crippen LogP contribution >= 0.6 is 23.4 Å². The monoisotopic (exact) mass is 428 g/mol. The Bertz CT molecular complexity index is 902. The van der Waals surface area contributed by atoms with Crippen LogP contribution in [0.5, 0.6) is 0 Å². The highest BCUT2D eigenvalue weighted by molar-refractivity contribution is 7.99. The fraction of sp³-hybridized carbons (Fsp3) is 0.391. The zero-order chi connectivity index (χ0) is 20.4. The number of thioether (sulfide) groups is 1. The Morgan fingerprint density at radius 2 is 1.86 bits per heavy atom. The zero-order valence-corrected chi connectivity index (χ0v) is 18.1. The van der Waals surface area contributed by atoms with Crippen LogP contribution in [-0.2, 0) is 9.59 Å². The van der Waals surface area contributed by atoms with E-state index in [9.17, 15) is 9.59 Å². The van der Waals surface area contributed by atoms with Gasteiger partial charge in [-0.3, -0.25) is 9.59 Å². The van der Waals surface area contributed by atoms with Gasteiger partial charge in [-0.15, -0.1) is 0 Å². The third-order valence-corrected chi connectivity index (χ3v) is 7.36. The first-order chi connectivity index (χ1) is 14.0. The predicted octanol–water partition coefficient (Wildman–Crippen LogP) is 4.71. The predicted molar refractivity (Wildman–Crippen MR) is 119 cm³/mol. The lowest BCUT2D eigenvalue weighted by molar-refractivity contribution is -0.135. The molecule has 2 amide bonds. The normalized spacial score (nSPS) is 22.6. The van der Waals surface area contributed by atoms with Gasteiger partial charge in [0.1, 0.15) is 0 Å². The first kappa shape index (κ1) is 20.3. The second kappa shape index (κ2) is 8.80. The molecule has 152 valence electrons. The molecule has 29 heavy (non-hydrogen) atoms. The van der Waals surface area contributed by atoms with Crippen molar-refractivity contribution < 1.29 is 9.59 Å². The summed E-state index contributed by atoms with van der Waals surface area (Å²) in [6.07, 6.45) is 1.23. The van der Waals surface area contributed by atoms with E-state index in [2.05, 4.69) is 31.2 Å². The van der Waals surface area contributed by atoms with Crippen LogP contribution in [0.15, 0.2) is 48.5 Å². The molecular weight excluding hydrogens is 404 g/mol. The van der Waals surface area contributed by atoms with E-state index in [0.717, 1.165) is 31.0 Å². The Kier molecular flexibility index (Phi) is 6.16. The van der Waals surface area contributed by atoms with Gasteiger partial charge in [0.15, 0.2) is 0 Å². The van der Waals surface area contributed by atoms with E-state index in [1.54, 1.807) is 17.0 Å². The molecule has 2 aromatic rings. The van der Waals surface area contributed by atoms with Crippen molar-refractivity contribution in [2.24, 2.45) is 5.92 Å². The first-order valence-electron chi connectivity index (χ1n) is 10.0. The second-order valence-electron chi connectivity index (χ2n) is 7.71. The maximum Gasteiger partial charge on any atom is 0.228 e. The summed E-state index contributed by atoms with van der Waals surface area (Å²) in [5.74, 6) is 0.776. The summed E-state index contributed by atoms with van der Waals surface area (Å²) in [4.78, 5) is 29.4. The molecule has 4 nitrogen and oxygen atoms in total. The zero-order valence-electron chi connectivity index (χ0n) is 16.5. The molecule has 0 radical (unpaired) electrons. The average Bonchev–Trinajstić information content (AvgIpc) is 2.95. The van der Waals surface area contributed by atoms with Gasteiger partial charge in [-0.1, -0.05) is 35.9 Å². The minimum absolute atomic E-state index is 0.00709. The van der Waals surface area contributed by atoms with Gasteiger partial charge in [-0.25, -0.2) is 0 Å². The summed E-state index contributed by atoms with van der Waals surface area (Å²) in [7, 11) is 0. The Balaban J connectivity index is 1.40. The third kappa shape index (κ3) is 4.46. The van der Waals surface area contributed by atoms with Crippen LogP contribution in [0.2, 0.25) is 5.02 Å². The van der Waals surface area contributed by atoms with Gasteiger partial charge < -0.3 is 9.80 Å². The van der Waals surface area contributed by atoms with Crippen molar-refractivity contribution >= 4 is 40.9 Å². The lowest BCUT2D eigenvalue weighted by Crippen LogP contribution is -2.38. The minimum Gasteiger partial charge on any atom is -0.342 e. The van der Waals surface area contributed by atoms with Crippen molar-refractivity contribution in [2.45, 2.75) is 25.0 Å². The van der Waals surface area contributed by atoms with E-state index in [1.165, 1.54) is 11.1 Å². The van der Waals surface area contributed by atoms with Crippen molar-refractivity contribution in [3.8, 4) is 0 Å². The molecule has 0 bridgehead atoms. The van der Waals surface area contributed by atoms with Gasteiger partial charge in [0.2, 0.25) is 11.8 Å². The standard InChI is InChI=1S/C23H25ClN2O2S/c1-16-4-2-3-5-20(16)21-10-11-25(12-13-29-21)23(28)17-14-22(27)26(15-17)19-8-6-18(24)7-9-19/h2-9,17,21H,10-15H2,1H3. The largest absolute Gasteiger partial charge is 0.342 e. The fourth-order valence-corrected chi connectivity index (χ4v) is 5.64. The molecule has 0 saturated carbocycles. The Labute approximate surface area is 181 Å². The van der Waals surface area contributed by atoms with Gasteiger partial charge in [0.25, 0.3) is 0 Å². The maximum atomic E-state index is 13.2. The molecule has 2 atom stereocenters. The van der Waals surface area contributed by atoms with Gasteiger partial charge in [-0.2, -0.15) is 11.8 Å². The van der Waals surface area contributed by atoms with Crippen molar-refractivity contribution in [3.63, 3.8) is 0 Å². The van der Waals surface area contributed by atoms with Crippen LogP contribution in [0.4, 0.5) is 5.69 Å². The van der Waals surface area contributed by atoms with E-state index in [-0.39, 0.29) is 24.2 Å². The average molecular weight is 429 g/mol. The van der Waals surface area contributed by atoms with Gasteiger partial charge in [0, 0.05) is 47.8 Å². The summed E-state index contributed by atoms with van der Waals surface area (Å²) < 4.78 is 0. The number of hydrogen-bond donors (Lipinski definition) is 0. The van der Waals surface area contributed by atoms with Crippen LogP contribution in [0.3, 0.4) is 0 Å². The van der Waals surface area contributed by atoms with E-state index >= 15 is 0 Å². The number of hydrogen-bond acceptors (Lipinski definition) is 3. The molecule has 2 aliphatic rings. The summed E-state index contributed by atoms with van der Waals surface area (Å²) in [5.41, 5.74) is 3.49. The number of carbonyl (C=O) groups excluding carboxylic acids is 2. The quantitative estimate of drug-likeness (QED) is 0.710. The van der Waals surface area contributed by atoms with E-state index in [1.807, 2.05) is 28.8 Å². The van der Waals surface area contributed by atoms with Gasteiger partial charge in [0.05, 0.1) is 5.92 Å². The molecule has 4 rings (SSSR count). The number of nitrogens with zero attached hydrogens (tertiary/aromatic N) is 2. The lowest BCUT2D eigenvalue weighted by Gasteiger charge is -2.24. The molecule has 6 heteroatoms. The highest BCUT2D eigenvalue weighted by Crippen LogP contribution is 2.36. The number of rotatable bonds is 3. The Morgan fingerprint density at radius 1 is 1.10 bits per heavy atom. The van der Waals surface area contributed by atoms with Crippen molar-refractivity contribution in [1.29, 1.82) is 0 Å². The number of aryl methyl sites for hydroxylation is 1. The van der Waals surface area contributed by atoms with Crippen LogP contribution in [0.1, 0.15) is 29.2 Å². The van der Waals surface area contributed by atoms with Crippen LogP contribution < -0.4 is 4.90 Å². The van der Waals surface area contributed by atoms with Crippen LogP contribution in [0, 0.1) is 12.8 Å². The number of anilines is 1.